The Balaban J connectivity index is 2.27. The first kappa shape index (κ1) is 24.9. The van der Waals surface area contributed by atoms with E-state index in [4.69, 9.17) is 14.2 Å². The normalized spacial score (nSPS) is 11.8. The minimum atomic E-state index is -3.70. The lowest BCUT2D eigenvalue weighted by molar-refractivity contribution is -0.141. The number of nitrogens with one attached hydrogen (secondary N) is 2. The van der Waals surface area contributed by atoms with Crippen LogP contribution < -0.4 is 19.5 Å². The highest BCUT2D eigenvalue weighted by molar-refractivity contribution is 7.89. The van der Waals surface area contributed by atoms with Crippen molar-refractivity contribution in [1.29, 1.82) is 0 Å². The van der Waals surface area contributed by atoms with E-state index in [0.717, 1.165) is 0 Å². The fourth-order valence-electron chi connectivity index (χ4n) is 2.85. The van der Waals surface area contributed by atoms with Crippen molar-refractivity contribution in [2.45, 2.75) is 17.4 Å². The molecule has 0 saturated heterocycles. The highest BCUT2D eigenvalue weighted by Gasteiger charge is 2.22. The van der Waals surface area contributed by atoms with Crippen molar-refractivity contribution in [2.75, 3.05) is 27.9 Å². The van der Waals surface area contributed by atoms with Crippen LogP contribution in [-0.4, -0.2) is 48.2 Å². The summed E-state index contributed by atoms with van der Waals surface area (Å²) in [7, 11) is 0.538. The summed E-state index contributed by atoms with van der Waals surface area (Å²) in [4.78, 5) is 24.7. The number of ether oxygens (including phenoxy) is 3. The fourth-order valence-corrected chi connectivity index (χ4v) is 3.85. The molecule has 0 radical (unpaired) electrons. The van der Waals surface area contributed by atoms with Crippen LogP contribution >= 0.6 is 0 Å². The first-order valence-corrected chi connectivity index (χ1v) is 11.0. The van der Waals surface area contributed by atoms with Gasteiger partial charge in [-0.1, -0.05) is 12.1 Å². The van der Waals surface area contributed by atoms with Gasteiger partial charge in [-0.3, -0.25) is 9.59 Å². The molecule has 9 nitrogen and oxygen atoms in total. The number of carbonyl (C=O) groups is 2. The van der Waals surface area contributed by atoms with Crippen molar-refractivity contribution < 1.29 is 32.2 Å². The van der Waals surface area contributed by atoms with Crippen LogP contribution in [0.1, 0.15) is 28.4 Å². The Labute approximate surface area is 187 Å². The summed E-state index contributed by atoms with van der Waals surface area (Å²) in [6.45, 7) is 3.56. The van der Waals surface area contributed by atoms with Gasteiger partial charge in [-0.25, -0.2) is 13.1 Å². The van der Waals surface area contributed by atoms with Crippen molar-refractivity contribution in [1.82, 2.24) is 10.0 Å². The Kier molecular flexibility index (Phi) is 8.80. The molecular weight excluding hydrogens is 436 g/mol. The van der Waals surface area contributed by atoms with Crippen LogP contribution in [0.25, 0.3) is 0 Å². The van der Waals surface area contributed by atoms with Gasteiger partial charge in [0.25, 0.3) is 5.91 Å². The van der Waals surface area contributed by atoms with Gasteiger partial charge in [-0.05, 0) is 42.0 Å². The minimum absolute atomic E-state index is 0.0156. The van der Waals surface area contributed by atoms with E-state index in [1.165, 1.54) is 51.7 Å². The molecule has 172 valence electrons. The van der Waals surface area contributed by atoms with Gasteiger partial charge in [0.15, 0.2) is 11.5 Å². The maximum Gasteiger partial charge on any atom is 0.307 e. The third-order valence-electron chi connectivity index (χ3n) is 4.56. The number of hydrogen-bond acceptors (Lipinski definition) is 7. The molecular formula is C22H26N2O7S. The van der Waals surface area contributed by atoms with E-state index in [2.05, 4.69) is 16.6 Å². The Hall–Kier alpha value is -3.37. The second kappa shape index (κ2) is 11.3. The Morgan fingerprint density at radius 2 is 1.69 bits per heavy atom. The molecule has 0 aliphatic heterocycles. The molecule has 32 heavy (non-hydrogen) atoms. The Bertz CT molecular complexity index is 1070. The first-order valence-electron chi connectivity index (χ1n) is 9.56. The molecule has 0 aliphatic carbocycles. The molecule has 10 heteroatoms. The standard InChI is InChI=1S/C22H26N2O7S/c1-5-12-23-32(27,28)17-9-6-15(7-10-17)22(26)24-18(14-21(25)31-4)16-8-11-19(29-2)20(13-16)30-3/h5-11,13,18,23H,1,12,14H2,2-4H3,(H,24,26). The van der Waals surface area contributed by atoms with Gasteiger partial charge in [0, 0.05) is 12.1 Å². The van der Waals surface area contributed by atoms with Crippen LogP contribution in [0.2, 0.25) is 0 Å². The topological polar surface area (TPSA) is 120 Å². The van der Waals surface area contributed by atoms with Gasteiger partial charge in [-0.2, -0.15) is 0 Å². The summed E-state index contributed by atoms with van der Waals surface area (Å²) in [6, 6.07) is 9.75. The monoisotopic (exact) mass is 462 g/mol. The second-order valence-corrected chi connectivity index (χ2v) is 8.35. The summed E-state index contributed by atoms with van der Waals surface area (Å²) in [5.41, 5.74) is 0.831. The second-order valence-electron chi connectivity index (χ2n) is 6.59. The number of carbonyl (C=O) groups excluding carboxylic acids is 2. The Morgan fingerprint density at radius 3 is 2.25 bits per heavy atom. The zero-order valence-electron chi connectivity index (χ0n) is 18.1. The van der Waals surface area contributed by atoms with Gasteiger partial charge in [0.05, 0.1) is 38.7 Å². The lowest BCUT2D eigenvalue weighted by atomic mass is 10.0. The quantitative estimate of drug-likeness (QED) is 0.388. The molecule has 0 spiro atoms. The van der Waals surface area contributed by atoms with Crippen LogP contribution in [0.4, 0.5) is 0 Å². The predicted molar refractivity (Wildman–Crippen MR) is 118 cm³/mol. The van der Waals surface area contributed by atoms with E-state index in [0.29, 0.717) is 17.1 Å². The van der Waals surface area contributed by atoms with Crippen molar-refractivity contribution in [2.24, 2.45) is 0 Å². The smallest absolute Gasteiger partial charge is 0.307 e. The fraction of sp³-hybridized carbons (Fsp3) is 0.273. The van der Waals surface area contributed by atoms with E-state index < -0.39 is 27.9 Å². The van der Waals surface area contributed by atoms with Crippen LogP contribution in [0, 0.1) is 0 Å². The molecule has 0 fully saturated rings. The van der Waals surface area contributed by atoms with Gasteiger partial charge in [-0.15, -0.1) is 6.58 Å². The molecule has 1 amide bonds. The van der Waals surface area contributed by atoms with Crippen molar-refractivity contribution >= 4 is 21.9 Å². The molecule has 1 unspecified atom stereocenters. The number of rotatable bonds is 11. The number of benzene rings is 2. The molecule has 0 saturated carbocycles. The lowest BCUT2D eigenvalue weighted by Crippen LogP contribution is -2.30. The highest BCUT2D eigenvalue weighted by Crippen LogP contribution is 2.31. The average Bonchev–Trinajstić information content (AvgIpc) is 2.81. The average molecular weight is 463 g/mol. The number of amides is 1. The molecule has 0 bridgehead atoms. The lowest BCUT2D eigenvalue weighted by Gasteiger charge is -2.20. The van der Waals surface area contributed by atoms with Crippen molar-refractivity contribution in [3.05, 3.63) is 66.2 Å². The van der Waals surface area contributed by atoms with Crippen molar-refractivity contribution in [3.63, 3.8) is 0 Å². The van der Waals surface area contributed by atoms with Crippen LogP contribution in [0.15, 0.2) is 60.0 Å². The molecule has 2 rings (SSSR count). The summed E-state index contributed by atoms with van der Waals surface area (Å²) in [6.07, 6.45) is 1.31. The highest BCUT2D eigenvalue weighted by atomic mass is 32.2. The number of hydrogen-bond donors (Lipinski definition) is 2. The van der Waals surface area contributed by atoms with E-state index >= 15 is 0 Å². The van der Waals surface area contributed by atoms with Gasteiger partial charge in [0.1, 0.15) is 0 Å². The van der Waals surface area contributed by atoms with Crippen LogP contribution in [-0.2, 0) is 19.6 Å². The third-order valence-corrected chi connectivity index (χ3v) is 6.00. The zero-order valence-corrected chi connectivity index (χ0v) is 18.9. The first-order chi connectivity index (χ1) is 15.2. The van der Waals surface area contributed by atoms with E-state index in [1.54, 1.807) is 18.2 Å². The summed E-state index contributed by atoms with van der Waals surface area (Å²) in [5, 5.41) is 2.78. The minimum Gasteiger partial charge on any atom is -0.493 e. The molecule has 0 aromatic heterocycles. The van der Waals surface area contributed by atoms with Gasteiger partial charge >= 0.3 is 5.97 Å². The summed E-state index contributed by atoms with van der Waals surface area (Å²) in [5.74, 6) is -0.0616. The third kappa shape index (κ3) is 6.32. The summed E-state index contributed by atoms with van der Waals surface area (Å²) < 4.78 is 42.0. The SMILES string of the molecule is C=CCNS(=O)(=O)c1ccc(C(=O)NC(CC(=O)OC)c2ccc(OC)c(OC)c2)cc1. The molecule has 0 heterocycles. The number of sulfonamides is 1. The number of esters is 1. The largest absolute Gasteiger partial charge is 0.493 e. The predicted octanol–water partition coefficient (Wildman–Crippen LogP) is 2.20. The Morgan fingerprint density at radius 1 is 1.03 bits per heavy atom. The van der Waals surface area contributed by atoms with Gasteiger partial charge in [0.2, 0.25) is 10.0 Å². The van der Waals surface area contributed by atoms with E-state index in [-0.39, 0.29) is 23.4 Å². The van der Waals surface area contributed by atoms with Gasteiger partial charge < -0.3 is 19.5 Å². The number of methoxy groups -OCH3 is 3. The molecule has 2 aromatic rings. The molecule has 2 N–H and O–H groups in total. The zero-order chi connectivity index (χ0) is 23.7. The molecule has 0 aliphatic rings. The molecule has 2 aromatic carbocycles. The maximum atomic E-state index is 12.8. The summed E-state index contributed by atoms with van der Waals surface area (Å²) >= 11 is 0. The van der Waals surface area contributed by atoms with E-state index in [9.17, 15) is 18.0 Å². The van der Waals surface area contributed by atoms with Crippen molar-refractivity contribution in [3.8, 4) is 11.5 Å². The molecule has 1 atom stereocenters. The van der Waals surface area contributed by atoms with Crippen LogP contribution in [0.3, 0.4) is 0 Å². The maximum absolute atomic E-state index is 12.8. The van der Waals surface area contributed by atoms with E-state index in [1.807, 2.05) is 0 Å². The van der Waals surface area contributed by atoms with Crippen LogP contribution in [0.5, 0.6) is 11.5 Å².